The van der Waals surface area contributed by atoms with Gasteiger partial charge in [-0.15, -0.1) is 0 Å². The van der Waals surface area contributed by atoms with Gasteiger partial charge in [-0.25, -0.2) is 9.97 Å². The number of hydrogen-bond donors (Lipinski definition) is 1. The van der Waals surface area contributed by atoms with E-state index >= 15 is 0 Å². The SMILES string of the molecule is O=C(NCc1ccc(Cl)cc1)c1ccc(CSc2nc3cccnc3n2Cc2ccccc2)cc1. The number of carbonyl (C=O) groups is 1. The zero-order chi connectivity index (χ0) is 24.0. The van der Waals surface area contributed by atoms with Crippen LogP contribution in [-0.2, 0) is 18.8 Å². The van der Waals surface area contributed by atoms with Gasteiger partial charge in [0.25, 0.3) is 5.91 Å². The Morgan fingerprint density at radius 2 is 1.60 bits per heavy atom. The molecule has 0 bridgehead atoms. The molecule has 35 heavy (non-hydrogen) atoms. The number of benzene rings is 3. The van der Waals surface area contributed by atoms with E-state index in [9.17, 15) is 4.79 Å². The molecule has 7 heteroatoms. The van der Waals surface area contributed by atoms with Gasteiger partial charge in [-0.2, -0.15) is 0 Å². The van der Waals surface area contributed by atoms with Gasteiger partial charge >= 0.3 is 0 Å². The number of halogens is 1. The first kappa shape index (κ1) is 23.1. The Labute approximate surface area is 213 Å². The fraction of sp³-hybridized carbons (Fsp3) is 0.107. The number of hydrogen-bond acceptors (Lipinski definition) is 4. The van der Waals surface area contributed by atoms with Crippen molar-refractivity contribution in [2.75, 3.05) is 0 Å². The minimum atomic E-state index is -0.102. The normalized spacial score (nSPS) is 11.0. The molecule has 0 saturated heterocycles. The molecule has 1 amide bonds. The van der Waals surface area contributed by atoms with E-state index in [2.05, 4.69) is 27.0 Å². The van der Waals surface area contributed by atoms with Crippen LogP contribution in [0.5, 0.6) is 0 Å². The van der Waals surface area contributed by atoms with Crippen molar-refractivity contribution in [3.8, 4) is 0 Å². The number of pyridine rings is 1. The number of aromatic nitrogens is 3. The van der Waals surface area contributed by atoms with E-state index < -0.39 is 0 Å². The molecule has 0 saturated carbocycles. The van der Waals surface area contributed by atoms with Gasteiger partial charge in [0, 0.05) is 29.1 Å². The summed E-state index contributed by atoms with van der Waals surface area (Å²) in [6, 6.07) is 29.4. The van der Waals surface area contributed by atoms with Crippen LogP contribution in [0.1, 0.15) is 27.0 Å². The zero-order valence-corrected chi connectivity index (χ0v) is 20.5. The molecular formula is C28H23ClN4OS. The van der Waals surface area contributed by atoms with Crippen LogP contribution in [0.2, 0.25) is 5.02 Å². The van der Waals surface area contributed by atoms with Crippen LogP contribution in [0.3, 0.4) is 0 Å². The quantitative estimate of drug-likeness (QED) is 0.253. The molecule has 2 aromatic heterocycles. The molecule has 0 unspecified atom stereocenters. The summed E-state index contributed by atoms with van der Waals surface area (Å²) in [6.45, 7) is 1.17. The molecule has 0 radical (unpaired) electrons. The topological polar surface area (TPSA) is 59.8 Å². The molecule has 3 aromatic carbocycles. The summed E-state index contributed by atoms with van der Waals surface area (Å²) in [7, 11) is 0. The van der Waals surface area contributed by atoms with Crippen molar-refractivity contribution in [3.05, 3.63) is 124 Å². The molecule has 0 fully saturated rings. The molecule has 174 valence electrons. The first-order chi connectivity index (χ1) is 17.2. The number of rotatable bonds is 8. The van der Waals surface area contributed by atoms with Gasteiger partial charge in [0.1, 0.15) is 5.52 Å². The fourth-order valence-electron chi connectivity index (χ4n) is 3.74. The molecule has 2 heterocycles. The largest absolute Gasteiger partial charge is 0.348 e. The third-order valence-electron chi connectivity index (χ3n) is 5.60. The van der Waals surface area contributed by atoms with Crippen molar-refractivity contribution in [1.82, 2.24) is 19.9 Å². The molecule has 0 aliphatic rings. The second kappa shape index (κ2) is 10.8. The lowest BCUT2D eigenvalue weighted by Crippen LogP contribution is -2.22. The van der Waals surface area contributed by atoms with Gasteiger partial charge in [0.15, 0.2) is 10.8 Å². The van der Waals surface area contributed by atoms with Crippen molar-refractivity contribution >= 4 is 40.4 Å². The van der Waals surface area contributed by atoms with Gasteiger partial charge in [-0.05, 0) is 53.1 Å². The maximum atomic E-state index is 12.5. The van der Waals surface area contributed by atoms with E-state index in [1.165, 1.54) is 5.56 Å². The van der Waals surface area contributed by atoms with Crippen LogP contribution in [-0.4, -0.2) is 20.4 Å². The predicted octanol–water partition coefficient (Wildman–Crippen LogP) is 6.36. The summed E-state index contributed by atoms with van der Waals surface area (Å²) in [4.78, 5) is 21.9. The van der Waals surface area contributed by atoms with Crippen molar-refractivity contribution in [1.29, 1.82) is 0 Å². The summed E-state index contributed by atoms with van der Waals surface area (Å²) >= 11 is 7.59. The van der Waals surface area contributed by atoms with Crippen molar-refractivity contribution in [3.63, 3.8) is 0 Å². The van der Waals surface area contributed by atoms with E-state index in [0.29, 0.717) is 23.7 Å². The second-order valence-electron chi connectivity index (χ2n) is 8.11. The van der Waals surface area contributed by atoms with Gasteiger partial charge in [0.05, 0.1) is 6.54 Å². The molecule has 5 rings (SSSR count). The van der Waals surface area contributed by atoms with Crippen LogP contribution in [0.4, 0.5) is 0 Å². The molecular weight excluding hydrogens is 476 g/mol. The predicted molar refractivity (Wildman–Crippen MR) is 142 cm³/mol. The summed E-state index contributed by atoms with van der Waals surface area (Å²) < 4.78 is 2.16. The van der Waals surface area contributed by atoms with Crippen molar-refractivity contribution < 1.29 is 4.79 Å². The Kier molecular flexibility index (Phi) is 7.12. The van der Waals surface area contributed by atoms with Crippen molar-refractivity contribution in [2.45, 2.75) is 24.0 Å². The van der Waals surface area contributed by atoms with Crippen LogP contribution < -0.4 is 5.32 Å². The van der Waals surface area contributed by atoms with E-state index in [4.69, 9.17) is 16.6 Å². The van der Waals surface area contributed by atoms with Gasteiger partial charge in [-0.1, -0.05) is 78.0 Å². The highest BCUT2D eigenvalue weighted by molar-refractivity contribution is 7.98. The fourth-order valence-corrected chi connectivity index (χ4v) is 4.83. The summed E-state index contributed by atoms with van der Waals surface area (Å²) in [5.41, 5.74) is 5.73. The van der Waals surface area contributed by atoms with Gasteiger partial charge in [-0.3, -0.25) is 9.36 Å². The second-order valence-corrected chi connectivity index (χ2v) is 9.49. The highest BCUT2D eigenvalue weighted by atomic mass is 35.5. The Bertz CT molecular complexity index is 1430. The molecule has 0 atom stereocenters. The minimum absolute atomic E-state index is 0.102. The lowest BCUT2D eigenvalue weighted by Gasteiger charge is -2.09. The highest BCUT2D eigenvalue weighted by Gasteiger charge is 2.13. The summed E-state index contributed by atoms with van der Waals surface area (Å²) in [5, 5.41) is 4.55. The smallest absolute Gasteiger partial charge is 0.251 e. The number of carbonyl (C=O) groups excluding carboxylic acids is 1. The molecule has 0 spiro atoms. The Morgan fingerprint density at radius 1 is 0.857 bits per heavy atom. The standard InChI is InChI=1S/C28H23ClN4OS/c29-24-14-10-20(11-15-24)17-31-27(34)23-12-8-22(9-13-23)19-35-28-32-25-7-4-16-30-26(25)33(28)18-21-5-2-1-3-6-21/h1-16H,17-19H2,(H,31,34). The molecule has 0 aliphatic heterocycles. The number of thioether (sulfide) groups is 1. The monoisotopic (exact) mass is 498 g/mol. The lowest BCUT2D eigenvalue weighted by molar-refractivity contribution is 0.0951. The maximum absolute atomic E-state index is 12.5. The lowest BCUT2D eigenvalue weighted by atomic mass is 10.1. The first-order valence-electron chi connectivity index (χ1n) is 11.3. The van der Waals surface area contributed by atoms with Crippen molar-refractivity contribution in [2.24, 2.45) is 0 Å². The highest BCUT2D eigenvalue weighted by Crippen LogP contribution is 2.27. The van der Waals surface area contributed by atoms with Gasteiger partial charge < -0.3 is 5.32 Å². The Balaban J connectivity index is 1.25. The average molecular weight is 499 g/mol. The first-order valence-corrected chi connectivity index (χ1v) is 12.6. The Hall–Kier alpha value is -3.61. The van der Waals surface area contributed by atoms with E-state index in [0.717, 1.165) is 33.2 Å². The van der Waals surface area contributed by atoms with Crippen LogP contribution in [0.25, 0.3) is 11.2 Å². The average Bonchev–Trinajstić information content (AvgIpc) is 3.25. The van der Waals surface area contributed by atoms with Crippen LogP contribution in [0, 0.1) is 0 Å². The van der Waals surface area contributed by atoms with E-state index in [1.54, 1.807) is 18.0 Å². The summed E-state index contributed by atoms with van der Waals surface area (Å²) in [5.74, 6) is 0.639. The third-order valence-corrected chi connectivity index (χ3v) is 6.90. The number of imidazole rings is 1. The molecule has 0 aliphatic carbocycles. The number of nitrogens with one attached hydrogen (secondary N) is 1. The Morgan fingerprint density at radius 3 is 2.37 bits per heavy atom. The summed E-state index contributed by atoms with van der Waals surface area (Å²) in [6.07, 6.45) is 1.80. The zero-order valence-electron chi connectivity index (χ0n) is 18.9. The minimum Gasteiger partial charge on any atom is -0.348 e. The maximum Gasteiger partial charge on any atom is 0.251 e. The van der Waals surface area contributed by atoms with Crippen LogP contribution >= 0.6 is 23.4 Å². The van der Waals surface area contributed by atoms with E-state index in [-0.39, 0.29) is 5.91 Å². The number of nitrogens with zero attached hydrogens (tertiary/aromatic N) is 3. The third kappa shape index (κ3) is 5.73. The van der Waals surface area contributed by atoms with Crippen LogP contribution in [0.15, 0.2) is 102 Å². The molecule has 1 N–H and O–H groups in total. The number of amides is 1. The number of fused-ring (bicyclic) bond motifs is 1. The van der Waals surface area contributed by atoms with E-state index in [1.807, 2.05) is 78.9 Å². The van der Waals surface area contributed by atoms with Gasteiger partial charge in [0.2, 0.25) is 0 Å². The molecule has 5 aromatic rings. The molecule has 5 nitrogen and oxygen atoms in total.